The SMILES string of the molecule is CC1(C)CNCC(CCC(=O)O)N(C2CCCC2)C1. The molecule has 0 radical (unpaired) electrons. The summed E-state index contributed by atoms with van der Waals surface area (Å²) in [5.41, 5.74) is 0.278. The molecule has 2 N–H and O–H groups in total. The predicted octanol–water partition coefficient (Wildman–Crippen LogP) is 2.09. The molecular weight excluding hydrogens is 240 g/mol. The molecule has 1 unspecified atom stereocenters. The van der Waals surface area contributed by atoms with Gasteiger partial charge < -0.3 is 10.4 Å². The molecule has 0 spiro atoms. The lowest BCUT2D eigenvalue weighted by Gasteiger charge is -2.38. The third-order valence-electron chi connectivity index (χ3n) is 4.55. The number of carboxylic acids is 1. The molecule has 19 heavy (non-hydrogen) atoms. The van der Waals surface area contributed by atoms with Crippen molar-refractivity contribution < 1.29 is 9.90 Å². The zero-order valence-electron chi connectivity index (χ0n) is 12.3. The third kappa shape index (κ3) is 4.18. The van der Waals surface area contributed by atoms with E-state index in [1.54, 1.807) is 0 Å². The van der Waals surface area contributed by atoms with Crippen LogP contribution in [0.15, 0.2) is 0 Å². The van der Waals surface area contributed by atoms with E-state index in [9.17, 15) is 4.79 Å². The van der Waals surface area contributed by atoms with E-state index in [0.717, 1.165) is 26.1 Å². The topological polar surface area (TPSA) is 52.6 Å². The molecule has 110 valence electrons. The van der Waals surface area contributed by atoms with E-state index in [1.165, 1.54) is 25.7 Å². The molecule has 2 aliphatic rings. The molecule has 4 heteroatoms. The number of aliphatic carboxylic acids is 1. The van der Waals surface area contributed by atoms with Crippen LogP contribution in [-0.2, 0) is 4.79 Å². The summed E-state index contributed by atoms with van der Waals surface area (Å²) in [6.07, 6.45) is 6.31. The van der Waals surface area contributed by atoms with Gasteiger partial charge in [0.05, 0.1) is 0 Å². The van der Waals surface area contributed by atoms with Gasteiger partial charge in [0.15, 0.2) is 0 Å². The van der Waals surface area contributed by atoms with E-state index < -0.39 is 5.97 Å². The van der Waals surface area contributed by atoms with Crippen molar-refractivity contribution in [2.45, 2.75) is 64.5 Å². The number of carboxylic acid groups (broad SMARTS) is 1. The van der Waals surface area contributed by atoms with Crippen LogP contribution in [0.5, 0.6) is 0 Å². The Bertz CT molecular complexity index is 311. The molecule has 0 aromatic heterocycles. The predicted molar refractivity (Wildman–Crippen MR) is 76.3 cm³/mol. The Balaban J connectivity index is 2.05. The zero-order chi connectivity index (χ0) is 13.9. The Kier molecular flexibility index (Phi) is 4.85. The minimum atomic E-state index is -0.671. The van der Waals surface area contributed by atoms with Crippen molar-refractivity contribution in [2.24, 2.45) is 5.41 Å². The van der Waals surface area contributed by atoms with E-state index in [2.05, 4.69) is 24.1 Å². The molecule has 1 aliphatic carbocycles. The Morgan fingerprint density at radius 3 is 2.68 bits per heavy atom. The summed E-state index contributed by atoms with van der Waals surface area (Å²) < 4.78 is 0. The molecule has 2 fully saturated rings. The maximum Gasteiger partial charge on any atom is 0.303 e. The molecule has 1 atom stereocenters. The maximum atomic E-state index is 10.8. The van der Waals surface area contributed by atoms with Gasteiger partial charge >= 0.3 is 5.97 Å². The van der Waals surface area contributed by atoms with Gasteiger partial charge in [0, 0.05) is 38.1 Å². The third-order valence-corrected chi connectivity index (χ3v) is 4.55. The maximum absolute atomic E-state index is 10.8. The van der Waals surface area contributed by atoms with Crippen molar-refractivity contribution in [3.05, 3.63) is 0 Å². The van der Waals surface area contributed by atoms with Crippen LogP contribution in [0.1, 0.15) is 52.4 Å². The first kappa shape index (κ1) is 14.8. The van der Waals surface area contributed by atoms with Gasteiger partial charge in [-0.15, -0.1) is 0 Å². The van der Waals surface area contributed by atoms with E-state index in [4.69, 9.17) is 5.11 Å². The van der Waals surface area contributed by atoms with Crippen LogP contribution in [0.25, 0.3) is 0 Å². The summed E-state index contributed by atoms with van der Waals surface area (Å²) in [5.74, 6) is -0.671. The fraction of sp³-hybridized carbons (Fsp3) is 0.933. The van der Waals surface area contributed by atoms with Crippen molar-refractivity contribution >= 4 is 5.97 Å². The number of hydrogen-bond donors (Lipinski definition) is 2. The lowest BCUT2D eigenvalue weighted by molar-refractivity contribution is -0.137. The molecule has 0 bridgehead atoms. The van der Waals surface area contributed by atoms with Crippen LogP contribution in [-0.4, -0.2) is 47.7 Å². The van der Waals surface area contributed by atoms with Gasteiger partial charge in [-0.05, 0) is 24.7 Å². The largest absolute Gasteiger partial charge is 0.481 e. The van der Waals surface area contributed by atoms with Crippen LogP contribution in [0, 0.1) is 5.41 Å². The van der Waals surface area contributed by atoms with Gasteiger partial charge in [0.2, 0.25) is 0 Å². The molecule has 1 saturated carbocycles. The van der Waals surface area contributed by atoms with Gasteiger partial charge in [-0.3, -0.25) is 9.69 Å². The molecule has 2 rings (SSSR count). The molecule has 1 heterocycles. The van der Waals surface area contributed by atoms with Crippen molar-refractivity contribution in [3.63, 3.8) is 0 Å². The number of carbonyl (C=O) groups is 1. The first-order valence-electron chi connectivity index (χ1n) is 7.66. The van der Waals surface area contributed by atoms with Crippen molar-refractivity contribution in [1.82, 2.24) is 10.2 Å². The zero-order valence-corrected chi connectivity index (χ0v) is 12.3. The minimum absolute atomic E-state index is 0.278. The van der Waals surface area contributed by atoms with E-state index in [-0.39, 0.29) is 11.8 Å². The number of nitrogens with zero attached hydrogens (tertiary/aromatic N) is 1. The summed E-state index contributed by atoms with van der Waals surface area (Å²) in [5, 5.41) is 12.5. The lowest BCUT2D eigenvalue weighted by Crippen LogP contribution is -2.47. The monoisotopic (exact) mass is 268 g/mol. The van der Waals surface area contributed by atoms with Crippen molar-refractivity contribution in [1.29, 1.82) is 0 Å². The molecule has 0 amide bonds. The number of hydrogen-bond acceptors (Lipinski definition) is 3. The van der Waals surface area contributed by atoms with E-state index in [0.29, 0.717) is 12.1 Å². The highest BCUT2D eigenvalue weighted by Gasteiger charge is 2.35. The molecular formula is C15H28N2O2. The Morgan fingerprint density at radius 2 is 2.05 bits per heavy atom. The molecule has 1 saturated heterocycles. The average molecular weight is 268 g/mol. The highest BCUT2D eigenvalue weighted by Crippen LogP contribution is 2.31. The number of nitrogens with one attached hydrogen (secondary N) is 1. The smallest absolute Gasteiger partial charge is 0.303 e. The van der Waals surface area contributed by atoms with Gasteiger partial charge in [-0.1, -0.05) is 26.7 Å². The summed E-state index contributed by atoms with van der Waals surface area (Å²) in [7, 11) is 0. The van der Waals surface area contributed by atoms with Crippen molar-refractivity contribution in [2.75, 3.05) is 19.6 Å². The second-order valence-corrected chi connectivity index (χ2v) is 6.99. The Hall–Kier alpha value is -0.610. The Labute approximate surface area is 116 Å². The normalized spacial score (nSPS) is 29.3. The first-order chi connectivity index (χ1) is 8.98. The molecule has 4 nitrogen and oxygen atoms in total. The van der Waals surface area contributed by atoms with Crippen LogP contribution in [0.3, 0.4) is 0 Å². The van der Waals surface area contributed by atoms with E-state index in [1.807, 2.05) is 0 Å². The Morgan fingerprint density at radius 1 is 1.37 bits per heavy atom. The summed E-state index contributed by atoms with van der Waals surface area (Å²) in [6.45, 7) is 7.67. The molecule has 0 aromatic rings. The summed E-state index contributed by atoms with van der Waals surface area (Å²) in [6, 6.07) is 1.07. The van der Waals surface area contributed by atoms with Gasteiger partial charge in [-0.25, -0.2) is 0 Å². The highest BCUT2D eigenvalue weighted by molar-refractivity contribution is 5.66. The van der Waals surface area contributed by atoms with Crippen LogP contribution < -0.4 is 5.32 Å². The second-order valence-electron chi connectivity index (χ2n) is 6.99. The second kappa shape index (κ2) is 6.23. The lowest BCUT2D eigenvalue weighted by atomic mass is 9.92. The van der Waals surface area contributed by atoms with Crippen LogP contribution in [0.4, 0.5) is 0 Å². The minimum Gasteiger partial charge on any atom is -0.481 e. The molecule has 1 aliphatic heterocycles. The average Bonchev–Trinajstić information content (AvgIpc) is 2.79. The fourth-order valence-electron chi connectivity index (χ4n) is 3.59. The summed E-state index contributed by atoms with van der Waals surface area (Å²) >= 11 is 0. The van der Waals surface area contributed by atoms with E-state index >= 15 is 0 Å². The fourth-order valence-corrected chi connectivity index (χ4v) is 3.59. The quantitative estimate of drug-likeness (QED) is 0.820. The summed E-state index contributed by atoms with van der Waals surface area (Å²) in [4.78, 5) is 13.5. The highest BCUT2D eigenvalue weighted by atomic mass is 16.4. The van der Waals surface area contributed by atoms with Gasteiger partial charge in [0.25, 0.3) is 0 Å². The number of rotatable bonds is 4. The van der Waals surface area contributed by atoms with Crippen LogP contribution >= 0.6 is 0 Å². The van der Waals surface area contributed by atoms with Crippen molar-refractivity contribution in [3.8, 4) is 0 Å². The van der Waals surface area contributed by atoms with Crippen LogP contribution in [0.2, 0.25) is 0 Å². The first-order valence-corrected chi connectivity index (χ1v) is 7.66. The standard InChI is InChI=1S/C15H28N2O2/c1-15(2)10-16-9-13(7-8-14(18)19)17(11-15)12-5-3-4-6-12/h12-13,16H,3-11H2,1-2H3,(H,18,19). The van der Waals surface area contributed by atoms with Gasteiger partial charge in [-0.2, -0.15) is 0 Å². The van der Waals surface area contributed by atoms with Gasteiger partial charge in [0.1, 0.15) is 0 Å². The molecule has 0 aromatic carbocycles.